The van der Waals surface area contributed by atoms with Crippen LogP contribution in [0.3, 0.4) is 0 Å². The summed E-state index contributed by atoms with van der Waals surface area (Å²) in [5.74, 6) is -1.07. The van der Waals surface area contributed by atoms with E-state index >= 15 is 0 Å². The first kappa shape index (κ1) is 17.9. The van der Waals surface area contributed by atoms with E-state index in [0.29, 0.717) is 11.1 Å². The maximum Gasteiger partial charge on any atom is 0.333 e. The first-order valence-corrected chi connectivity index (χ1v) is 7.37. The van der Waals surface area contributed by atoms with Crippen molar-refractivity contribution >= 4 is 23.6 Å². The van der Waals surface area contributed by atoms with Gasteiger partial charge in [0.05, 0.1) is 12.0 Å². The molecular formula is C18H16N2O5. The number of rotatable bonds is 6. The average Bonchev–Trinajstić information content (AvgIpc) is 2.64. The fraction of sp³-hybridized carbons (Fsp3) is 0.111. The lowest BCUT2D eigenvalue weighted by molar-refractivity contribution is -0.384. The number of nitro benzene ring substituents is 1. The van der Waals surface area contributed by atoms with Crippen LogP contribution < -0.4 is 5.32 Å². The summed E-state index contributed by atoms with van der Waals surface area (Å²) in [7, 11) is 1.25. The lowest BCUT2D eigenvalue weighted by atomic mass is 10.1. The van der Waals surface area contributed by atoms with Crippen molar-refractivity contribution in [1.29, 1.82) is 0 Å². The molecule has 0 unspecified atom stereocenters. The molecule has 1 N–H and O–H groups in total. The zero-order valence-electron chi connectivity index (χ0n) is 13.4. The van der Waals surface area contributed by atoms with Gasteiger partial charge in [0, 0.05) is 18.2 Å². The van der Waals surface area contributed by atoms with Crippen LogP contribution in [0.4, 0.5) is 5.69 Å². The Morgan fingerprint density at radius 3 is 2.32 bits per heavy atom. The summed E-state index contributed by atoms with van der Waals surface area (Å²) in [6, 6.07) is 13.6. The molecule has 7 heteroatoms. The van der Waals surface area contributed by atoms with Gasteiger partial charge in [-0.05, 0) is 29.3 Å². The SMILES string of the molecule is COC(=O)[C@H](NC(=O)/C=C\c1ccc([N+](=O)[O-])cc1)c1ccccc1. The summed E-state index contributed by atoms with van der Waals surface area (Å²) in [5.41, 5.74) is 1.19. The summed E-state index contributed by atoms with van der Waals surface area (Å²) >= 11 is 0. The van der Waals surface area contributed by atoms with E-state index < -0.39 is 22.8 Å². The third-order valence-corrected chi connectivity index (χ3v) is 3.39. The van der Waals surface area contributed by atoms with Crippen molar-refractivity contribution in [3.63, 3.8) is 0 Å². The van der Waals surface area contributed by atoms with E-state index in [1.54, 1.807) is 30.3 Å². The molecule has 0 bridgehead atoms. The number of hydrogen-bond donors (Lipinski definition) is 1. The van der Waals surface area contributed by atoms with Crippen LogP contribution in [0.15, 0.2) is 60.7 Å². The van der Waals surface area contributed by atoms with Gasteiger partial charge in [-0.25, -0.2) is 4.79 Å². The zero-order valence-corrected chi connectivity index (χ0v) is 13.4. The van der Waals surface area contributed by atoms with E-state index in [9.17, 15) is 19.7 Å². The lowest BCUT2D eigenvalue weighted by Gasteiger charge is -2.15. The van der Waals surface area contributed by atoms with Crippen LogP contribution in [0, 0.1) is 10.1 Å². The molecule has 1 amide bonds. The summed E-state index contributed by atoms with van der Waals surface area (Å²) in [4.78, 5) is 34.1. The summed E-state index contributed by atoms with van der Waals surface area (Å²) in [5, 5.41) is 13.2. The van der Waals surface area contributed by atoms with Gasteiger partial charge in [0.15, 0.2) is 6.04 Å². The molecule has 0 saturated carbocycles. The standard InChI is InChI=1S/C18H16N2O5/c1-25-18(22)17(14-5-3-2-4-6-14)19-16(21)12-9-13-7-10-15(11-8-13)20(23)24/h2-12,17H,1H3,(H,19,21)/b12-9-/t17-/m1/s1. The monoisotopic (exact) mass is 340 g/mol. The van der Waals surface area contributed by atoms with Crippen LogP contribution in [-0.4, -0.2) is 23.9 Å². The van der Waals surface area contributed by atoms with Gasteiger partial charge in [0.2, 0.25) is 5.91 Å². The number of methoxy groups -OCH3 is 1. The fourth-order valence-electron chi connectivity index (χ4n) is 2.11. The van der Waals surface area contributed by atoms with Crippen LogP contribution in [0.25, 0.3) is 6.08 Å². The molecular weight excluding hydrogens is 324 g/mol. The normalized spacial score (nSPS) is 11.7. The second-order valence-corrected chi connectivity index (χ2v) is 5.06. The number of carbonyl (C=O) groups excluding carboxylic acids is 2. The van der Waals surface area contributed by atoms with Crippen molar-refractivity contribution in [3.05, 3.63) is 81.9 Å². The molecule has 25 heavy (non-hydrogen) atoms. The molecule has 7 nitrogen and oxygen atoms in total. The molecule has 0 aliphatic rings. The highest BCUT2D eigenvalue weighted by atomic mass is 16.6. The second-order valence-electron chi connectivity index (χ2n) is 5.06. The number of hydrogen-bond acceptors (Lipinski definition) is 5. The van der Waals surface area contributed by atoms with Crippen molar-refractivity contribution < 1.29 is 19.2 Å². The Balaban J connectivity index is 2.08. The van der Waals surface area contributed by atoms with Gasteiger partial charge in [-0.1, -0.05) is 30.3 Å². The van der Waals surface area contributed by atoms with E-state index in [1.807, 2.05) is 0 Å². The number of esters is 1. The smallest absolute Gasteiger partial charge is 0.333 e. The molecule has 2 aromatic carbocycles. The number of amides is 1. The number of nitro groups is 1. The molecule has 1 atom stereocenters. The molecule has 0 spiro atoms. The molecule has 0 heterocycles. The van der Waals surface area contributed by atoms with Crippen molar-refractivity contribution in [2.75, 3.05) is 7.11 Å². The maximum absolute atomic E-state index is 12.1. The molecule has 2 rings (SSSR count). The van der Waals surface area contributed by atoms with Crippen LogP contribution in [-0.2, 0) is 14.3 Å². The molecule has 0 aliphatic carbocycles. The topological polar surface area (TPSA) is 98.5 Å². The first-order chi connectivity index (χ1) is 12.0. The highest BCUT2D eigenvalue weighted by Gasteiger charge is 2.22. The Morgan fingerprint density at radius 2 is 1.76 bits per heavy atom. The van der Waals surface area contributed by atoms with E-state index in [-0.39, 0.29) is 5.69 Å². The minimum atomic E-state index is -0.916. The van der Waals surface area contributed by atoms with Crippen molar-refractivity contribution in [2.45, 2.75) is 6.04 Å². The molecule has 0 aliphatic heterocycles. The zero-order chi connectivity index (χ0) is 18.2. The van der Waals surface area contributed by atoms with Gasteiger partial charge in [-0.15, -0.1) is 0 Å². The van der Waals surface area contributed by atoms with Gasteiger partial charge in [-0.2, -0.15) is 0 Å². The minimum Gasteiger partial charge on any atom is -0.467 e. The molecule has 0 aromatic heterocycles. The van der Waals surface area contributed by atoms with Gasteiger partial charge in [0.1, 0.15) is 0 Å². The molecule has 128 valence electrons. The summed E-state index contributed by atoms with van der Waals surface area (Å²) in [6.07, 6.45) is 2.75. The highest BCUT2D eigenvalue weighted by Crippen LogP contribution is 2.15. The number of carbonyl (C=O) groups is 2. The molecule has 0 fully saturated rings. The summed E-state index contributed by atoms with van der Waals surface area (Å²) in [6.45, 7) is 0. The van der Waals surface area contributed by atoms with Crippen LogP contribution in [0.2, 0.25) is 0 Å². The molecule has 2 aromatic rings. The fourth-order valence-corrected chi connectivity index (χ4v) is 2.11. The highest BCUT2D eigenvalue weighted by molar-refractivity contribution is 5.94. The van der Waals surface area contributed by atoms with E-state index in [2.05, 4.69) is 5.32 Å². The number of ether oxygens (including phenoxy) is 1. The van der Waals surface area contributed by atoms with Crippen LogP contribution >= 0.6 is 0 Å². The number of nitrogens with one attached hydrogen (secondary N) is 1. The second kappa shape index (κ2) is 8.39. The van der Waals surface area contributed by atoms with E-state index in [4.69, 9.17) is 4.74 Å². The number of nitrogens with zero attached hydrogens (tertiary/aromatic N) is 1. The first-order valence-electron chi connectivity index (χ1n) is 7.37. The minimum absolute atomic E-state index is 0.0311. The lowest BCUT2D eigenvalue weighted by Crippen LogP contribution is -2.33. The van der Waals surface area contributed by atoms with Gasteiger partial charge in [0.25, 0.3) is 5.69 Å². The average molecular weight is 340 g/mol. The largest absolute Gasteiger partial charge is 0.467 e. The maximum atomic E-state index is 12.1. The Labute approximate surface area is 144 Å². The number of benzene rings is 2. The third kappa shape index (κ3) is 5.00. The molecule has 0 radical (unpaired) electrons. The predicted octanol–water partition coefficient (Wildman–Crippen LogP) is 2.64. The van der Waals surface area contributed by atoms with Crippen molar-refractivity contribution in [3.8, 4) is 0 Å². The van der Waals surface area contributed by atoms with Crippen molar-refractivity contribution in [2.24, 2.45) is 0 Å². The predicted molar refractivity (Wildman–Crippen MR) is 91.5 cm³/mol. The Bertz CT molecular complexity index is 785. The number of non-ortho nitro benzene ring substituents is 1. The Kier molecular flexibility index (Phi) is 6.00. The summed E-state index contributed by atoms with van der Waals surface area (Å²) < 4.78 is 4.72. The molecule has 0 saturated heterocycles. The van der Waals surface area contributed by atoms with Crippen molar-refractivity contribution in [1.82, 2.24) is 5.32 Å². The van der Waals surface area contributed by atoms with Gasteiger partial charge >= 0.3 is 5.97 Å². The van der Waals surface area contributed by atoms with E-state index in [0.717, 1.165) is 0 Å². The third-order valence-electron chi connectivity index (χ3n) is 3.39. The van der Waals surface area contributed by atoms with Crippen LogP contribution in [0.5, 0.6) is 0 Å². The Hall–Kier alpha value is -3.48. The van der Waals surface area contributed by atoms with E-state index in [1.165, 1.54) is 43.5 Å². The van der Waals surface area contributed by atoms with Crippen LogP contribution in [0.1, 0.15) is 17.2 Å². The van der Waals surface area contributed by atoms with Gasteiger partial charge in [-0.3, -0.25) is 14.9 Å². The Morgan fingerprint density at radius 1 is 1.12 bits per heavy atom. The quantitative estimate of drug-likeness (QED) is 0.377. The van der Waals surface area contributed by atoms with Gasteiger partial charge < -0.3 is 10.1 Å².